The van der Waals surface area contributed by atoms with Gasteiger partial charge in [-0.05, 0) is 32.1 Å². The van der Waals surface area contributed by atoms with Crippen molar-refractivity contribution in [1.82, 2.24) is 0 Å². The minimum Gasteiger partial charge on any atom is -0.468 e. The Morgan fingerprint density at radius 1 is 0.514 bits per heavy atom. The maximum Gasteiger partial charge on any atom is 0.153 e. The Bertz CT molecular complexity index is 581. The Balaban J connectivity index is 2.04. The minimum absolute atomic E-state index is 0.337. The van der Waals surface area contributed by atoms with Crippen LogP contribution >= 0.6 is 0 Å². The van der Waals surface area contributed by atoms with Crippen LogP contribution in [-0.2, 0) is 12.8 Å². The summed E-state index contributed by atoms with van der Waals surface area (Å²) in [6.45, 7) is 0.674. The minimum atomic E-state index is 0.337. The van der Waals surface area contributed by atoms with Gasteiger partial charge in [0.1, 0.15) is 12.0 Å². The van der Waals surface area contributed by atoms with E-state index in [2.05, 4.69) is 0 Å². The van der Waals surface area contributed by atoms with Gasteiger partial charge in [0, 0.05) is 25.2 Å². The van der Waals surface area contributed by atoms with Crippen molar-refractivity contribution in [3.8, 4) is 0 Å². The van der Waals surface area contributed by atoms with Crippen molar-refractivity contribution in [2.75, 3.05) is 13.2 Å². The average Bonchev–Trinajstić information content (AvgIpc) is 3.27. The molecule has 1 rings (SSSR count). The zero-order valence-electron chi connectivity index (χ0n) is 22.8. The van der Waals surface area contributed by atoms with E-state index >= 15 is 0 Å². The molecular formula is C31H56O4. The van der Waals surface area contributed by atoms with Gasteiger partial charge in [0.05, 0.1) is 5.56 Å². The van der Waals surface area contributed by atoms with Crippen LogP contribution in [0.25, 0.3) is 0 Å². The van der Waals surface area contributed by atoms with E-state index in [0.29, 0.717) is 13.2 Å². The normalized spacial score (nSPS) is 11.4. The first kappa shape index (κ1) is 31.9. The summed E-state index contributed by atoms with van der Waals surface area (Å²) in [5, 5.41) is 17.6. The number of hydrogen-bond acceptors (Lipinski definition) is 4. The first-order chi connectivity index (χ1) is 17.3. The predicted molar refractivity (Wildman–Crippen MR) is 147 cm³/mol. The molecule has 0 radical (unpaired) electrons. The van der Waals surface area contributed by atoms with E-state index in [1.165, 1.54) is 121 Å². The third kappa shape index (κ3) is 17.9. The number of hydrogen-bond donors (Lipinski definition) is 2. The lowest BCUT2D eigenvalue weighted by Gasteiger charge is -2.06. The van der Waals surface area contributed by atoms with Crippen molar-refractivity contribution in [1.29, 1.82) is 0 Å². The van der Waals surface area contributed by atoms with E-state index in [1.807, 2.05) is 0 Å². The molecule has 1 aromatic heterocycles. The molecule has 2 N–H and O–H groups in total. The van der Waals surface area contributed by atoms with E-state index in [1.54, 1.807) is 6.26 Å². The average molecular weight is 493 g/mol. The van der Waals surface area contributed by atoms with E-state index < -0.39 is 0 Å². The highest BCUT2D eigenvalue weighted by Gasteiger charge is 2.12. The number of furan rings is 1. The number of carbonyl (C=O) groups is 1. The number of carbonyl (C=O) groups excluding carboxylic acids is 1. The molecule has 0 aromatic carbocycles. The fourth-order valence-electron chi connectivity index (χ4n) is 5.02. The van der Waals surface area contributed by atoms with Gasteiger partial charge in [-0.2, -0.15) is 0 Å². The van der Waals surface area contributed by atoms with Crippen LogP contribution in [0.1, 0.15) is 163 Å². The van der Waals surface area contributed by atoms with Crippen molar-refractivity contribution >= 4 is 6.29 Å². The molecule has 0 amide bonds. The first-order valence-corrected chi connectivity index (χ1v) is 15.1. The van der Waals surface area contributed by atoms with E-state index in [9.17, 15) is 4.79 Å². The van der Waals surface area contributed by atoms with E-state index in [0.717, 1.165) is 56.1 Å². The fourth-order valence-corrected chi connectivity index (χ4v) is 5.02. The molecule has 0 aliphatic carbocycles. The largest absolute Gasteiger partial charge is 0.468 e. The van der Waals surface area contributed by atoms with Gasteiger partial charge in [0.25, 0.3) is 0 Å². The van der Waals surface area contributed by atoms with Gasteiger partial charge < -0.3 is 14.6 Å². The molecule has 4 nitrogen and oxygen atoms in total. The Morgan fingerprint density at radius 3 is 1.23 bits per heavy atom. The van der Waals surface area contributed by atoms with Gasteiger partial charge in [-0.1, -0.05) is 116 Å². The Labute approximate surface area is 216 Å². The molecule has 0 saturated heterocycles. The second-order valence-corrected chi connectivity index (χ2v) is 10.4. The molecule has 0 spiro atoms. The molecule has 0 atom stereocenters. The lowest BCUT2D eigenvalue weighted by atomic mass is 9.99. The zero-order valence-corrected chi connectivity index (χ0v) is 22.8. The monoisotopic (exact) mass is 492 g/mol. The van der Waals surface area contributed by atoms with Crippen LogP contribution < -0.4 is 0 Å². The van der Waals surface area contributed by atoms with E-state index in [-0.39, 0.29) is 0 Å². The van der Waals surface area contributed by atoms with Crippen LogP contribution in [0.5, 0.6) is 0 Å². The molecule has 0 bridgehead atoms. The number of aliphatic hydroxyl groups excluding tert-OH is 2. The molecule has 1 heterocycles. The second kappa shape index (κ2) is 24.6. The number of unbranched alkanes of at least 4 members (excludes halogenated alkanes) is 20. The summed E-state index contributed by atoms with van der Waals surface area (Å²) in [6.07, 6.45) is 32.0. The van der Waals surface area contributed by atoms with Crippen molar-refractivity contribution in [3.05, 3.63) is 23.2 Å². The molecular weight excluding hydrogens is 436 g/mol. The molecule has 0 aliphatic heterocycles. The van der Waals surface area contributed by atoms with Gasteiger partial charge >= 0.3 is 0 Å². The first-order valence-electron chi connectivity index (χ1n) is 15.1. The summed E-state index contributed by atoms with van der Waals surface area (Å²) in [5.41, 5.74) is 1.93. The molecule has 0 saturated carbocycles. The van der Waals surface area contributed by atoms with Crippen LogP contribution in [0.3, 0.4) is 0 Å². The highest BCUT2D eigenvalue weighted by atomic mass is 16.3. The number of aliphatic hydroxyl groups is 2. The quantitative estimate of drug-likeness (QED) is 0.0951. The summed E-state index contributed by atoms with van der Waals surface area (Å²) in [6, 6.07) is 0. The Kier molecular flexibility index (Phi) is 22.4. The fraction of sp³-hybridized carbons (Fsp3) is 0.839. The van der Waals surface area contributed by atoms with Gasteiger partial charge in [0.2, 0.25) is 0 Å². The number of rotatable bonds is 27. The third-order valence-corrected chi connectivity index (χ3v) is 7.29. The van der Waals surface area contributed by atoms with Crippen molar-refractivity contribution < 1.29 is 19.4 Å². The molecule has 1 aromatic rings. The Hall–Kier alpha value is -1.13. The molecule has 4 heteroatoms. The van der Waals surface area contributed by atoms with Gasteiger partial charge in [0.15, 0.2) is 6.29 Å². The lowest BCUT2D eigenvalue weighted by Crippen LogP contribution is -1.95. The van der Waals surface area contributed by atoms with Gasteiger partial charge in [-0.15, -0.1) is 0 Å². The maximum absolute atomic E-state index is 11.5. The van der Waals surface area contributed by atoms with Crippen molar-refractivity contribution in [3.63, 3.8) is 0 Å². The van der Waals surface area contributed by atoms with Crippen LogP contribution in [0.4, 0.5) is 0 Å². The highest BCUT2D eigenvalue weighted by Crippen LogP contribution is 2.22. The number of aldehydes is 1. The van der Waals surface area contributed by atoms with E-state index in [4.69, 9.17) is 14.6 Å². The molecule has 0 unspecified atom stereocenters. The van der Waals surface area contributed by atoms with Crippen molar-refractivity contribution in [2.24, 2.45) is 0 Å². The second-order valence-electron chi connectivity index (χ2n) is 10.4. The van der Waals surface area contributed by atoms with Gasteiger partial charge in [-0.25, -0.2) is 0 Å². The van der Waals surface area contributed by atoms with Crippen molar-refractivity contribution in [2.45, 2.75) is 154 Å². The lowest BCUT2D eigenvalue weighted by molar-refractivity contribution is 0.112. The molecule has 204 valence electrons. The number of aryl methyl sites for hydroxylation is 1. The third-order valence-electron chi connectivity index (χ3n) is 7.29. The Morgan fingerprint density at radius 2 is 0.857 bits per heavy atom. The smallest absolute Gasteiger partial charge is 0.153 e. The zero-order chi connectivity index (χ0) is 25.2. The summed E-state index contributed by atoms with van der Waals surface area (Å²) in [4.78, 5) is 11.5. The van der Waals surface area contributed by atoms with Crippen LogP contribution in [0.15, 0.2) is 10.7 Å². The summed E-state index contributed by atoms with van der Waals surface area (Å²) < 4.78 is 5.78. The standard InChI is InChI=1S/C31H56O4/c32-25-21-17-13-9-5-1-3-7-11-15-19-23-30-29(27-34)28-35-31(30)24-20-16-12-8-4-2-6-10-14-18-22-26-33/h27-28,32-33H,1-26H2. The van der Waals surface area contributed by atoms with Crippen LogP contribution in [0, 0.1) is 0 Å². The molecule has 0 fully saturated rings. The predicted octanol–water partition coefficient (Wildman–Crippen LogP) is 8.74. The molecule has 35 heavy (non-hydrogen) atoms. The van der Waals surface area contributed by atoms with Gasteiger partial charge in [-0.3, -0.25) is 4.79 Å². The topological polar surface area (TPSA) is 70.7 Å². The van der Waals surface area contributed by atoms with Crippen LogP contribution in [0.2, 0.25) is 0 Å². The summed E-state index contributed by atoms with van der Waals surface area (Å²) in [5.74, 6) is 1.05. The highest BCUT2D eigenvalue weighted by molar-refractivity contribution is 5.77. The van der Waals surface area contributed by atoms with Crippen LogP contribution in [-0.4, -0.2) is 29.7 Å². The maximum atomic E-state index is 11.5. The summed E-state index contributed by atoms with van der Waals surface area (Å²) >= 11 is 0. The molecule has 0 aliphatic rings. The summed E-state index contributed by atoms with van der Waals surface area (Å²) in [7, 11) is 0. The SMILES string of the molecule is O=Cc1coc(CCCCCCCCCCCCCO)c1CCCCCCCCCCCCCO.